The van der Waals surface area contributed by atoms with Crippen LogP contribution < -0.4 is 10.1 Å². The van der Waals surface area contributed by atoms with Crippen LogP contribution in [-0.4, -0.2) is 19.4 Å². The number of carbonyl (C=O) groups is 1. The standard InChI is InChI=1S/C19H18FNO3/c1-12-16-9-14(20)5-8-18(16)24-19(12)17(22)11-21-10-13-3-6-15(23-2)7-4-13/h3-9,21H,10-11H2,1-2H3. The number of ether oxygens (including phenoxy) is 1. The quantitative estimate of drug-likeness (QED) is 0.699. The van der Waals surface area contributed by atoms with Crippen molar-refractivity contribution < 1.29 is 18.3 Å². The fraction of sp³-hybridized carbons (Fsp3) is 0.211. The highest BCUT2D eigenvalue weighted by molar-refractivity contribution is 6.01. The first-order chi connectivity index (χ1) is 11.6. The van der Waals surface area contributed by atoms with Gasteiger partial charge in [0.1, 0.15) is 17.1 Å². The number of carbonyl (C=O) groups excluding carboxylic acids is 1. The molecule has 3 rings (SSSR count). The first-order valence-electron chi connectivity index (χ1n) is 7.64. The van der Waals surface area contributed by atoms with E-state index in [9.17, 15) is 9.18 Å². The van der Waals surface area contributed by atoms with E-state index in [0.717, 1.165) is 11.3 Å². The van der Waals surface area contributed by atoms with Crippen molar-refractivity contribution in [1.82, 2.24) is 5.32 Å². The molecular weight excluding hydrogens is 309 g/mol. The SMILES string of the molecule is COc1ccc(CNCC(=O)c2oc3ccc(F)cc3c2C)cc1. The second-order valence-corrected chi connectivity index (χ2v) is 5.57. The van der Waals surface area contributed by atoms with Gasteiger partial charge in [-0.05, 0) is 42.8 Å². The monoisotopic (exact) mass is 327 g/mol. The van der Waals surface area contributed by atoms with Crippen LogP contribution in [0.15, 0.2) is 46.9 Å². The van der Waals surface area contributed by atoms with Gasteiger partial charge in [0.05, 0.1) is 13.7 Å². The Labute approximate surface area is 139 Å². The van der Waals surface area contributed by atoms with Crippen LogP contribution in [0.3, 0.4) is 0 Å². The number of benzene rings is 2. The molecule has 1 heterocycles. The predicted octanol–water partition coefficient (Wildman–Crippen LogP) is 3.86. The van der Waals surface area contributed by atoms with Crippen molar-refractivity contribution in [2.45, 2.75) is 13.5 Å². The number of methoxy groups -OCH3 is 1. The lowest BCUT2D eigenvalue weighted by molar-refractivity contribution is 0.0965. The van der Waals surface area contributed by atoms with E-state index in [1.54, 1.807) is 20.1 Å². The largest absolute Gasteiger partial charge is 0.497 e. The van der Waals surface area contributed by atoms with Crippen LogP contribution in [0.2, 0.25) is 0 Å². The maximum atomic E-state index is 13.3. The lowest BCUT2D eigenvalue weighted by atomic mass is 10.1. The molecule has 124 valence electrons. The molecule has 0 spiro atoms. The van der Waals surface area contributed by atoms with Crippen LogP contribution in [0, 0.1) is 12.7 Å². The molecule has 4 nitrogen and oxygen atoms in total. The lowest BCUT2D eigenvalue weighted by Gasteiger charge is -2.05. The maximum absolute atomic E-state index is 13.3. The normalized spacial score (nSPS) is 11.0. The second-order valence-electron chi connectivity index (χ2n) is 5.57. The van der Waals surface area contributed by atoms with Gasteiger partial charge >= 0.3 is 0 Å². The smallest absolute Gasteiger partial charge is 0.212 e. The van der Waals surface area contributed by atoms with Crippen LogP contribution in [0.25, 0.3) is 11.0 Å². The predicted molar refractivity (Wildman–Crippen MR) is 89.9 cm³/mol. The minimum atomic E-state index is -0.344. The molecule has 5 heteroatoms. The summed E-state index contributed by atoms with van der Waals surface area (Å²) in [5.41, 5.74) is 2.24. The Kier molecular flexibility index (Phi) is 4.62. The minimum Gasteiger partial charge on any atom is -0.497 e. The minimum absolute atomic E-state index is 0.148. The number of furan rings is 1. The molecule has 1 aromatic heterocycles. The van der Waals surface area contributed by atoms with Gasteiger partial charge in [0.15, 0.2) is 5.76 Å². The molecule has 1 N–H and O–H groups in total. The molecule has 0 aliphatic rings. The average molecular weight is 327 g/mol. The van der Waals surface area contributed by atoms with E-state index in [0.29, 0.717) is 23.1 Å². The van der Waals surface area contributed by atoms with Gasteiger partial charge in [0, 0.05) is 17.5 Å². The molecule has 0 bridgehead atoms. The number of ketones is 1. The summed E-state index contributed by atoms with van der Waals surface area (Å²) in [4.78, 5) is 12.3. The molecule has 0 saturated heterocycles. The molecule has 0 aliphatic heterocycles. The molecular formula is C19H18FNO3. The Bertz CT molecular complexity index is 868. The van der Waals surface area contributed by atoms with Crippen molar-refractivity contribution in [3.63, 3.8) is 0 Å². The summed E-state index contributed by atoms with van der Waals surface area (Å²) >= 11 is 0. The van der Waals surface area contributed by atoms with E-state index in [1.807, 2.05) is 24.3 Å². The summed E-state index contributed by atoms with van der Waals surface area (Å²) in [6, 6.07) is 11.9. The molecule has 24 heavy (non-hydrogen) atoms. The van der Waals surface area contributed by atoms with Crippen molar-refractivity contribution in [1.29, 1.82) is 0 Å². The summed E-state index contributed by atoms with van der Waals surface area (Å²) in [5, 5.41) is 3.73. The molecule has 0 fully saturated rings. The number of Topliss-reactive ketones (excluding diaryl/α,β-unsaturated/α-hetero) is 1. The number of halogens is 1. The zero-order chi connectivity index (χ0) is 17.1. The highest BCUT2D eigenvalue weighted by Crippen LogP contribution is 2.26. The van der Waals surface area contributed by atoms with Crippen LogP contribution in [0.1, 0.15) is 21.7 Å². The lowest BCUT2D eigenvalue weighted by Crippen LogP contribution is -2.22. The van der Waals surface area contributed by atoms with E-state index >= 15 is 0 Å². The number of fused-ring (bicyclic) bond motifs is 1. The Morgan fingerprint density at radius 3 is 2.67 bits per heavy atom. The van der Waals surface area contributed by atoms with Crippen molar-refractivity contribution >= 4 is 16.8 Å². The third-order valence-corrected chi connectivity index (χ3v) is 3.93. The van der Waals surface area contributed by atoms with Crippen LogP contribution >= 0.6 is 0 Å². The summed E-state index contributed by atoms with van der Waals surface area (Å²) in [5.74, 6) is 0.568. The zero-order valence-electron chi connectivity index (χ0n) is 13.6. The van der Waals surface area contributed by atoms with Crippen molar-refractivity contribution in [3.05, 3.63) is 65.2 Å². The van der Waals surface area contributed by atoms with Gasteiger partial charge in [0.25, 0.3) is 0 Å². The number of hydrogen-bond donors (Lipinski definition) is 1. The summed E-state index contributed by atoms with van der Waals surface area (Å²) in [7, 11) is 1.62. The average Bonchev–Trinajstić information content (AvgIpc) is 2.92. The fourth-order valence-corrected chi connectivity index (χ4v) is 2.60. The third-order valence-electron chi connectivity index (χ3n) is 3.93. The van der Waals surface area contributed by atoms with Gasteiger partial charge in [-0.1, -0.05) is 12.1 Å². The van der Waals surface area contributed by atoms with Gasteiger partial charge in [-0.2, -0.15) is 0 Å². The topological polar surface area (TPSA) is 51.5 Å². The van der Waals surface area contributed by atoms with Crippen molar-refractivity contribution in [2.24, 2.45) is 0 Å². The molecule has 3 aromatic rings. The van der Waals surface area contributed by atoms with Gasteiger partial charge in [-0.15, -0.1) is 0 Å². The van der Waals surface area contributed by atoms with Crippen LogP contribution in [0.5, 0.6) is 5.75 Å². The molecule has 0 amide bonds. The van der Waals surface area contributed by atoms with E-state index < -0.39 is 0 Å². The van der Waals surface area contributed by atoms with Crippen LogP contribution in [0.4, 0.5) is 4.39 Å². The molecule has 2 aromatic carbocycles. The number of aryl methyl sites for hydroxylation is 1. The number of nitrogens with one attached hydrogen (secondary N) is 1. The second kappa shape index (κ2) is 6.84. The van der Waals surface area contributed by atoms with Crippen LogP contribution in [-0.2, 0) is 6.54 Å². The third kappa shape index (κ3) is 3.31. The van der Waals surface area contributed by atoms with E-state index in [-0.39, 0.29) is 23.9 Å². The summed E-state index contributed by atoms with van der Waals surface area (Å²) in [6.07, 6.45) is 0. The first kappa shape index (κ1) is 16.2. The van der Waals surface area contributed by atoms with Gasteiger partial charge in [-0.25, -0.2) is 4.39 Å². The Hall–Kier alpha value is -2.66. The van der Waals surface area contributed by atoms with E-state index in [2.05, 4.69) is 5.32 Å². The molecule has 0 atom stereocenters. The van der Waals surface area contributed by atoms with E-state index in [4.69, 9.17) is 9.15 Å². The van der Waals surface area contributed by atoms with Gasteiger partial charge < -0.3 is 14.5 Å². The molecule has 0 unspecified atom stereocenters. The molecule has 0 radical (unpaired) electrons. The Balaban J connectivity index is 1.65. The molecule has 0 aliphatic carbocycles. The Morgan fingerprint density at radius 2 is 1.96 bits per heavy atom. The number of rotatable bonds is 6. The highest BCUT2D eigenvalue weighted by atomic mass is 19.1. The molecule has 0 saturated carbocycles. The van der Waals surface area contributed by atoms with E-state index in [1.165, 1.54) is 12.1 Å². The summed E-state index contributed by atoms with van der Waals surface area (Å²) < 4.78 is 24.0. The summed E-state index contributed by atoms with van der Waals surface area (Å²) in [6.45, 7) is 2.47. The fourth-order valence-electron chi connectivity index (χ4n) is 2.60. The first-order valence-corrected chi connectivity index (χ1v) is 7.64. The number of hydrogen-bond acceptors (Lipinski definition) is 4. The van der Waals surface area contributed by atoms with Gasteiger partial charge in [0.2, 0.25) is 5.78 Å². The van der Waals surface area contributed by atoms with Gasteiger partial charge in [-0.3, -0.25) is 4.79 Å². The highest BCUT2D eigenvalue weighted by Gasteiger charge is 2.17. The zero-order valence-corrected chi connectivity index (χ0v) is 13.6. The van der Waals surface area contributed by atoms with Crippen molar-refractivity contribution in [3.8, 4) is 5.75 Å². The maximum Gasteiger partial charge on any atom is 0.212 e. The Morgan fingerprint density at radius 1 is 1.21 bits per heavy atom. The van der Waals surface area contributed by atoms with Crippen molar-refractivity contribution in [2.75, 3.05) is 13.7 Å².